The van der Waals surface area contributed by atoms with Gasteiger partial charge in [0.2, 0.25) is 0 Å². The van der Waals surface area contributed by atoms with Crippen molar-refractivity contribution in [1.82, 2.24) is 4.98 Å². The molecule has 2 aromatic rings. The van der Waals surface area contributed by atoms with E-state index in [1.807, 2.05) is 6.07 Å². The van der Waals surface area contributed by atoms with Gasteiger partial charge in [-0.1, -0.05) is 6.07 Å². The van der Waals surface area contributed by atoms with Crippen molar-refractivity contribution >= 4 is 5.69 Å². The second-order valence-electron chi connectivity index (χ2n) is 3.37. The predicted molar refractivity (Wildman–Crippen MR) is 58.7 cm³/mol. The number of nitrogens with zero attached hydrogens (tertiary/aromatic N) is 2. The molecule has 17 heavy (non-hydrogen) atoms. The van der Waals surface area contributed by atoms with Gasteiger partial charge < -0.3 is 5.73 Å². The van der Waals surface area contributed by atoms with Crippen LogP contribution in [0.1, 0.15) is 5.56 Å². The van der Waals surface area contributed by atoms with E-state index in [4.69, 9.17) is 11.0 Å². The van der Waals surface area contributed by atoms with Crippen LogP contribution in [0.25, 0.3) is 11.3 Å². The van der Waals surface area contributed by atoms with Crippen molar-refractivity contribution < 1.29 is 8.78 Å². The third-order valence-electron chi connectivity index (χ3n) is 2.28. The van der Waals surface area contributed by atoms with Crippen LogP contribution in [0.2, 0.25) is 0 Å². The number of rotatable bonds is 1. The van der Waals surface area contributed by atoms with E-state index in [0.29, 0.717) is 0 Å². The fraction of sp³-hybridized carbons (Fsp3) is 0. The number of nitriles is 1. The van der Waals surface area contributed by atoms with Crippen LogP contribution in [0.4, 0.5) is 14.5 Å². The van der Waals surface area contributed by atoms with E-state index >= 15 is 0 Å². The first-order valence-electron chi connectivity index (χ1n) is 4.73. The number of nitrogen functional groups attached to an aromatic ring is 1. The minimum atomic E-state index is -0.992. The molecular weight excluding hydrogens is 224 g/mol. The summed E-state index contributed by atoms with van der Waals surface area (Å²) in [6.45, 7) is 0. The van der Waals surface area contributed by atoms with Gasteiger partial charge in [0.1, 0.15) is 6.07 Å². The maximum atomic E-state index is 13.5. The molecule has 2 rings (SSSR count). The second-order valence-corrected chi connectivity index (χ2v) is 3.37. The summed E-state index contributed by atoms with van der Waals surface area (Å²) in [7, 11) is 0. The summed E-state index contributed by atoms with van der Waals surface area (Å²) in [5, 5.41) is 8.79. The lowest BCUT2D eigenvalue weighted by atomic mass is 10.1. The molecule has 0 aliphatic carbocycles. The molecule has 2 N–H and O–H groups in total. The van der Waals surface area contributed by atoms with Crippen LogP contribution in [0.15, 0.2) is 30.5 Å². The Balaban J connectivity index is 2.62. The van der Waals surface area contributed by atoms with Crippen LogP contribution in [-0.2, 0) is 0 Å². The molecule has 0 aliphatic rings. The molecule has 0 aliphatic heterocycles. The van der Waals surface area contributed by atoms with Crippen molar-refractivity contribution in [2.75, 3.05) is 5.73 Å². The molecule has 1 aromatic carbocycles. The zero-order valence-electron chi connectivity index (χ0n) is 8.61. The van der Waals surface area contributed by atoms with Crippen LogP contribution in [-0.4, -0.2) is 4.98 Å². The highest BCUT2D eigenvalue weighted by Gasteiger charge is 2.12. The van der Waals surface area contributed by atoms with E-state index in [1.54, 1.807) is 0 Å². The number of hydrogen-bond acceptors (Lipinski definition) is 3. The van der Waals surface area contributed by atoms with Gasteiger partial charge in [-0.15, -0.1) is 0 Å². The molecule has 0 unspecified atom stereocenters. The monoisotopic (exact) mass is 231 g/mol. The molecule has 0 bridgehead atoms. The van der Waals surface area contributed by atoms with Gasteiger partial charge in [-0.3, -0.25) is 4.98 Å². The minimum absolute atomic E-state index is 0.00139. The summed E-state index contributed by atoms with van der Waals surface area (Å²) in [6.07, 6.45) is 1.25. The number of halogens is 2. The van der Waals surface area contributed by atoms with Crippen molar-refractivity contribution in [2.45, 2.75) is 0 Å². The fourth-order valence-corrected chi connectivity index (χ4v) is 1.41. The molecule has 0 spiro atoms. The summed E-state index contributed by atoms with van der Waals surface area (Å²) in [6, 6.07) is 6.96. The van der Waals surface area contributed by atoms with Crippen LogP contribution < -0.4 is 5.73 Å². The van der Waals surface area contributed by atoms with E-state index in [2.05, 4.69) is 4.98 Å². The third kappa shape index (κ3) is 1.93. The molecule has 84 valence electrons. The van der Waals surface area contributed by atoms with Crippen LogP contribution in [0, 0.1) is 23.0 Å². The number of hydrogen-bond donors (Lipinski definition) is 1. The first kappa shape index (κ1) is 11.0. The number of pyridine rings is 1. The van der Waals surface area contributed by atoms with Gasteiger partial charge >= 0.3 is 0 Å². The van der Waals surface area contributed by atoms with Crippen molar-refractivity contribution in [2.24, 2.45) is 0 Å². The molecule has 5 heteroatoms. The molecule has 0 saturated carbocycles. The third-order valence-corrected chi connectivity index (χ3v) is 2.28. The lowest BCUT2D eigenvalue weighted by Crippen LogP contribution is -1.96. The van der Waals surface area contributed by atoms with Crippen molar-refractivity contribution in [1.29, 1.82) is 5.26 Å². The van der Waals surface area contributed by atoms with Crippen molar-refractivity contribution in [3.63, 3.8) is 0 Å². The predicted octanol–water partition coefficient (Wildman–Crippen LogP) is 2.48. The highest BCUT2D eigenvalue weighted by atomic mass is 19.2. The maximum Gasteiger partial charge on any atom is 0.168 e. The largest absolute Gasteiger partial charge is 0.396 e. The molecule has 0 atom stereocenters. The van der Waals surface area contributed by atoms with E-state index in [-0.39, 0.29) is 22.5 Å². The van der Waals surface area contributed by atoms with Gasteiger partial charge in [-0.05, 0) is 18.2 Å². The van der Waals surface area contributed by atoms with Gasteiger partial charge in [0.15, 0.2) is 11.6 Å². The SMILES string of the molecule is N#Cc1cc(-c2cccc(F)c2F)ncc1N. The Labute approximate surface area is 96.1 Å². The molecule has 3 nitrogen and oxygen atoms in total. The summed E-state index contributed by atoms with van der Waals surface area (Å²) in [5.74, 6) is -1.95. The fourth-order valence-electron chi connectivity index (χ4n) is 1.41. The highest BCUT2D eigenvalue weighted by molar-refractivity contribution is 5.66. The Morgan fingerprint density at radius 1 is 1.29 bits per heavy atom. The van der Waals surface area contributed by atoms with Gasteiger partial charge in [0, 0.05) is 5.56 Å². The van der Waals surface area contributed by atoms with E-state index in [0.717, 1.165) is 6.07 Å². The Kier molecular flexibility index (Phi) is 2.71. The molecule has 0 amide bonds. The molecule has 0 radical (unpaired) electrons. The number of nitrogens with two attached hydrogens (primary N) is 1. The van der Waals surface area contributed by atoms with Crippen LogP contribution in [0.5, 0.6) is 0 Å². The summed E-state index contributed by atoms with van der Waals surface area (Å²) < 4.78 is 26.5. The summed E-state index contributed by atoms with van der Waals surface area (Å²) in [4.78, 5) is 3.88. The molecule has 1 heterocycles. The normalized spacial score (nSPS) is 9.94. The molecule has 0 saturated heterocycles. The molecule has 0 fully saturated rings. The van der Waals surface area contributed by atoms with Crippen molar-refractivity contribution in [3.8, 4) is 17.3 Å². The maximum absolute atomic E-state index is 13.5. The highest BCUT2D eigenvalue weighted by Crippen LogP contribution is 2.24. The smallest absolute Gasteiger partial charge is 0.168 e. The first-order valence-corrected chi connectivity index (χ1v) is 4.73. The number of aromatic nitrogens is 1. The summed E-state index contributed by atoms with van der Waals surface area (Å²) >= 11 is 0. The first-order chi connectivity index (χ1) is 8.13. The molecule has 1 aromatic heterocycles. The number of anilines is 1. The van der Waals surface area contributed by atoms with E-state index in [1.165, 1.54) is 24.4 Å². The average Bonchev–Trinajstić information content (AvgIpc) is 2.34. The lowest BCUT2D eigenvalue weighted by Gasteiger charge is -2.04. The van der Waals surface area contributed by atoms with E-state index in [9.17, 15) is 8.78 Å². The second kappa shape index (κ2) is 4.18. The topological polar surface area (TPSA) is 62.7 Å². The zero-order chi connectivity index (χ0) is 12.4. The van der Waals surface area contributed by atoms with Gasteiger partial charge in [-0.2, -0.15) is 5.26 Å². The number of benzene rings is 1. The average molecular weight is 231 g/mol. The standard InChI is InChI=1S/C12H7F2N3/c13-9-3-1-2-8(12(9)14)11-4-7(5-15)10(16)6-17-11/h1-4,6H,16H2. The van der Waals surface area contributed by atoms with Gasteiger partial charge in [0.05, 0.1) is 23.1 Å². The zero-order valence-corrected chi connectivity index (χ0v) is 8.61. The van der Waals surface area contributed by atoms with Gasteiger partial charge in [0.25, 0.3) is 0 Å². The van der Waals surface area contributed by atoms with Crippen LogP contribution >= 0.6 is 0 Å². The van der Waals surface area contributed by atoms with Crippen LogP contribution in [0.3, 0.4) is 0 Å². The summed E-state index contributed by atoms with van der Waals surface area (Å²) in [5.41, 5.74) is 6.05. The minimum Gasteiger partial charge on any atom is -0.396 e. The Hall–Kier alpha value is -2.48. The Morgan fingerprint density at radius 3 is 2.76 bits per heavy atom. The van der Waals surface area contributed by atoms with E-state index < -0.39 is 11.6 Å². The Bertz CT molecular complexity index is 618. The van der Waals surface area contributed by atoms with Crippen molar-refractivity contribution in [3.05, 3.63) is 47.7 Å². The molecular formula is C12H7F2N3. The quantitative estimate of drug-likeness (QED) is 0.820. The Morgan fingerprint density at radius 2 is 2.06 bits per heavy atom. The van der Waals surface area contributed by atoms with Gasteiger partial charge in [-0.25, -0.2) is 8.78 Å². The lowest BCUT2D eigenvalue weighted by molar-refractivity contribution is 0.511.